The summed E-state index contributed by atoms with van der Waals surface area (Å²) in [4.78, 5) is 32.4. The van der Waals surface area contributed by atoms with Gasteiger partial charge in [-0.1, -0.05) is 42.5 Å². The van der Waals surface area contributed by atoms with Crippen molar-refractivity contribution in [2.45, 2.75) is 45.1 Å². The summed E-state index contributed by atoms with van der Waals surface area (Å²) in [6.45, 7) is 6.86. The third-order valence-electron chi connectivity index (χ3n) is 7.74. The zero-order chi connectivity index (χ0) is 27.7. The van der Waals surface area contributed by atoms with Crippen LogP contribution in [0.15, 0.2) is 71.7 Å². The summed E-state index contributed by atoms with van der Waals surface area (Å²) >= 11 is 0. The Morgan fingerprint density at radius 1 is 1.10 bits per heavy atom. The molecule has 1 aliphatic rings. The molecule has 198 valence electrons. The van der Waals surface area contributed by atoms with Crippen molar-refractivity contribution in [1.82, 2.24) is 9.38 Å². The van der Waals surface area contributed by atoms with E-state index in [-0.39, 0.29) is 17.2 Å². The number of carbonyl (C=O) groups is 1. The van der Waals surface area contributed by atoms with Gasteiger partial charge in [-0.2, -0.15) is 5.26 Å². The van der Waals surface area contributed by atoms with Crippen molar-refractivity contribution >= 4 is 23.1 Å². The van der Waals surface area contributed by atoms with Gasteiger partial charge in [0.2, 0.25) is 0 Å². The van der Waals surface area contributed by atoms with E-state index in [1.165, 1.54) is 0 Å². The summed E-state index contributed by atoms with van der Waals surface area (Å²) < 4.78 is 1.58. The summed E-state index contributed by atoms with van der Waals surface area (Å²) in [6, 6.07) is 20.9. The molecule has 0 aliphatic carbocycles. The fourth-order valence-corrected chi connectivity index (χ4v) is 5.54. The first-order chi connectivity index (χ1) is 18.7. The summed E-state index contributed by atoms with van der Waals surface area (Å²) in [5.74, 6) is -0.386. The maximum absolute atomic E-state index is 13.6. The van der Waals surface area contributed by atoms with Crippen molar-refractivity contribution in [3.8, 4) is 6.07 Å². The zero-order valence-electron chi connectivity index (χ0n) is 22.3. The Kier molecular flexibility index (Phi) is 6.83. The van der Waals surface area contributed by atoms with Crippen molar-refractivity contribution in [2.24, 2.45) is 0 Å². The van der Waals surface area contributed by atoms with Crippen LogP contribution in [-0.2, 0) is 5.41 Å². The number of pyridine rings is 1. The second kappa shape index (κ2) is 10.3. The lowest BCUT2D eigenvalue weighted by Crippen LogP contribution is -2.43. The van der Waals surface area contributed by atoms with Gasteiger partial charge >= 0.3 is 5.97 Å². The smallest absolute Gasteiger partial charge is 0.337 e. The second-order valence-electron chi connectivity index (χ2n) is 10.3. The minimum Gasteiger partial charge on any atom is -0.478 e. The molecule has 3 heterocycles. The monoisotopic (exact) mass is 521 g/mol. The molecule has 2 aromatic carbocycles. The van der Waals surface area contributed by atoms with Crippen LogP contribution >= 0.6 is 0 Å². The van der Waals surface area contributed by atoms with Crippen LogP contribution in [0.3, 0.4) is 0 Å². The molecule has 0 spiro atoms. The van der Waals surface area contributed by atoms with Crippen molar-refractivity contribution in [3.05, 3.63) is 105 Å². The maximum atomic E-state index is 13.6. The van der Waals surface area contributed by atoms with Gasteiger partial charge in [0.1, 0.15) is 11.5 Å². The number of aromatic carboxylic acids is 1. The molecular formula is C31H31N5O3. The highest BCUT2D eigenvalue weighted by Crippen LogP contribution is 2.36. The molecule has 8 heteroatoms. The molecule has 8 nitrogen and oxygen atoms in total. The number of carboxylic acid groups (broad SMARTS) is 1. The first-order valence-corrected chi connectivity index (χ1v) is 13.1. The number of nitriles is 1. The van der Waals surface area contributed by atoms with Gasteiger partial charge in [0.15, 0.2) is 0 Å². The molecule has 0 amide bonds. The molecule has 0 radical (unpaired) electrons. The molecule has 0 bridgehead atoms. The Labute approximate surface area is 227 Å². The number of aromatic nitrogens is 2. The van der Waals surface area contributed by atoms with E-state index in [2.05, 4.69) is 16.3 Å². The maximum Gasteiger partial charge on any atom is 0.337 e. The number of fused-ring (bicyclic) bond motifs is 1. The van der Waals surface area contributed by atoms with Gasteiger partial charge in [0.25, 0.3) is 5.56 Å². The van der Waals surface area contributed by atoms with Gasteiger partial charge in [-0.3, -0.25) is 9.20 Å². The molecular weight excluding hydrogens is 490 g/mol. The number of rotatable bonds is 6. The van der Waals surface area contributed by atoms with Gasteiger partial charge in [0.05, 0.1) is 28.7 Å². The normalized spacial score (nSPS) is 15.5. The molecule has 0 saturated carbocycles. The lowest BCUT2D eigenvalue weighted by molar-refractivity contribution is 0.0698. The Hall–Kier alpha value is -4.64. The van der Waals surface area contributed by atoms with Crippen LogP contribution in [0.1, 0.15) is 58.4 Å². The number of aryl methyl sites for hydroxylation is 1. The van der Waals surface area contributed by atoms with Crippen LogP contribution in [0.2, 0.25) is 0 Å². The molecule has 1 saturated heterocycles. The van der Waals surface area contributed by atoms with Crippen molar-refractivity contribution in [3.63, 3.8) is 0 Å². The number of carboxylic acids is 1. The molecule has 0 unspecified atom stereocenters. The number of hydrogen-bond acceptors (Lipinski definition) is 6. The highest BCUT2D eigenvalue weighted by atomic mass is 16.4. The van der Waals surface area contributed by atoms with Crippen LogP contribution in [-0.4, -0.2) is 33.6 Å². The number of piperidine rings is 1. The molecule has 2 aromatic heterocycles. The number of hydrogen-bond donors (Lipinski definition) is 2. The highest BCUT2D eigenvalue weighted by Gasteiger charge is 2.37. The third-order valence-corrected chi connectivity index (χ3v) is 7.74. The second-order valence-corrected chi connectivity index (χ2v) is 10.3. The molecule has 5 rings (SSSR count). The zero-order valence-corrected chi connectivity index (χ0v) is 22.3. The largest absolute Gasteiger partial charge is 0.478 e. The number of nitrogens with zero attached hydrogens (tertiary/aromatic N) is 4. The van der Waals surface area contributed by atoms with Crippen LogP contribution in [0.5, 0.6) is 0 Å². The first kappa shape index (κ1) is 26.0. The van der Waals surface area contributed by atoms with E-state index in [0.717, 1.165) is 16.7 Å². The number of para-hydroxylation sites is 1. The van der Waals surface area contributed by atoms with E-state index < -0.39 is 11.4 Å². The Morgan fingerprint density at radius 2 is 1.77 bits per heavy atom. The predicted octanol–water partition coefficient (Wildman–Crippen LogP) is 5.24. The van der Waals surface area contributed by atoms with Gasteiger partial charge < -0.3 is 15.3 Å². The van der Waals surface area contributed by atoms with E-state index in [4.69, 9.17) is 4.98 Å². The van der Waals surface area contributed by atoms with E-state index in [1.807, 2.05) is 50.2 Å². The highest BCUT2D eigenvalue weighted by molar-refractivity contribution is 5.94. The van der Waals surface area contributed by atoms with Crippen LogP contribution in [0, 0.1) is 25.2 Å². The third kappa shape index (κ3) is 4.72. The Bertz CT molecular complexity index is 1650. The number of nitrogens with one attached hydrogen (secondary N) is 1. The average Bonchev–Trinajstić information content (AvgIpc) is 2.95. The van der Waals surface area contributed by atoms with Gasteiger partial charge in [-0.05, 0) is 62.9 Å². The predicted molar refractivity (Wildman–Crippen MR) is 152 cm³/mol. The topological polar surface area (TPSA) is 111 Å². The Balaban J connectivity index is 1.52. The lowest BCUT2D eigenvalue weighted by atomic mass is 9.74. The fraction of sp³-hybridized carbons (Fsp3) is 0.290. The molecule has 39 heavy (non-hydrogen) atoms. The van der Waals surface area contributed by atoms with Gasteiger partial charge in [0, 0.05) is 30.5 Å². The van der Waals surface area contributed by atoms with E-state index in [1.54, 1.807) is 41.8 Å². The van der Waals surface area contributed by atoms with Gasteiger partial charge in [-0.15, -0.1) is 0 Å². The van der Waals surface area contributed by atoms with Crippen LogP contribution in [0.4, 0.5) is 11.5 Å². The molecule has 4 aromatic rings. The van der Waals surface area contributed by atoms with Gasteiger partial charge in [-0.25, -0.2) is 9.78 Å². The molecule has 1 atom stereocenters. The molecule has 1 fully saturated rings. The van der Waals surface area contributed by atoms with Crippen molar-refractivity contribution in [1.29, 1.82) is 5.26 Å². The van der Waals surface area contributed by atoms with Crippen molar-refractivity contribution < 1.29 is 9.90 Å². The first-order valence-electron chi connectivity index (χ1n) is 13.1. The lowest BCUT2D eigenvalue weighted by Gasteiger charge is -2.38. The van der Waals surface area contributed by atoms with Crippen LogP contribution in [0.25, 0.3) is 5.65 Å². The summed E-state index contributed by atoms with van der Waals surface area (Å²) in [5, 5.41) is 23.0. The van der Waals surface area contributed by atoms with E-state index in [0.29, 0.717) is 48.6 Å². The standard InChI is InChI=1S/C31H31N5O3/c1-20-17-25(22(3)33-26-12-8-7-11-24(26)30(38)39)28-34-27(21(2)29(37)36(28)18-20)35-15-13-31(19-32,14-16-35)23-9-5-4-6-10-23/h4-12,17-18,22,33H,13-16H2,1-3H3,(H,38,39)/t22-/m1/s1. The summed E-state index contributed by atoms with van der Waals surface area (Å²) in [6.07, 6.45) is 3.06. The number of benzene rings is 2. The Morgan fingerprint density at radius 3 is 2.44 bits per heavy atom. The fourth-order valence-electron chi connectivity index (χ4n) is 5.54. The SMILES string of the molecule is Cc1cc([C@@H](C)Nc2ccccc2C(=O)O)c2nc(N3CCC(C#N)(c4ccccc4)CC3)c(C)c(=O)n2c1. The molecule has 1 aliphatic heterocycles. The number of anilines is 2. The summed E-state index contributed by atoms with van der Waals surface area (Å²) in [5.41, 5.74) is 3.77. The quantitative estimate of drug-likeness (QED) is 0.357. The average molecular weight is 522 g/mol. The molecule has 2 N–H and O–H groups in total. The summed E-state index contributed by atoms with van der Waals surface area (Å²) in [7, 11) is 0. The van der Waals surface area contributed by atoms with Crippen molar-refractivity contribution in [2.75, 3.05) is 23.3 Å². The van der Waals surface area contributed by atoms with E-state index in [9.17, 15) is 20.0 Å². The minimum atomic E-state index is -1.01. The van der Waals surface area contributed by atoms with Crippen LogP contribution < -0.4 is 15.8 Å². The van der Waals surface area contributed by atoms with E-state index >= 15 is 0 Å². The minimum absolute atomic E-state index is 0.140.